The molecule has 19 heavy (non-hydrogen) atoms. The van der Waals surface area contributed by atoms with Gasteiger partial charge in [-0.25, -0.2) is 9.37 Å². The molecule has 0 aliphatic heterocycles. The van der Waals surface area contributed by atoms with Crippen molar-refractivity contribution in [1.82, 2.24) is 4.98 Å². The lowest BCUT2D eigenvalue weighted by molar-refractivity contribution is 0.427. The number of hydrogen-bond donors (Lipinski definition) is 2. The average Bonchev–Trinajstić information content (AvgIpc) is 2.36. The topological polar surface area (TPSA) is 72.0 Å². The lowest BCUT2D eigenvalue weighted by atomic mass is 10.2. The van der Waals surface area contributed by atoms with Crippen molar-refractivity contribution in [2.24, 2.45) is 5.73 Å². The zero-order valence-corrected chi connectivity index (χ0v) is 11.8. The first-order valence-electron chi connectivity index (χ1n) is 5.11. The van der Waals surface area contributed by atoms with Crippen LogP contribution in [-0.4, -0.2) is 10.8 Å². The van der Waals surface area contributed by atoms with Crippen molar-refractivity contribution in [3.05, 3.63) is 51.3 Å². The molecule has 0 fully saturated rings. The molecule has 4 nitrogen and oxygen atoms in total. The summed E-state index contributed by atoms with van der Waals surface area (Å²) >= 11 is 9.22. The summed E-state index contributed by atoms with van der Waals surface area (Å²) in [6.07, 6.45) is 1.38. The largest absolute Gasteiger partial charge is 0.434 e. The quantitative estimate of drug-likeness (QED) is 0.658. The third kappa shape index (κ3) is 3.02. The minimum atomic E-state index is -0.547. The zero-order chi connectivity index (χ0) is 14.0. The molecule has 0 amide bonds. The molecule has 2 rings (SSSR count). The predicted molar refractivity (Wildman–Crippen MR) is 74.4 cm³/mol. The fourth-order valence-corrected chi connectivity index (χ4v) is 1.96. The van der Waals surface area contributed by atoms with E-state index in [9.17, 15) is 4.39 Å². The van der Waals surface area contributed by atoms with Crippen LogP contribution in [0.2, 0.25) is 5.02 Å². The Morgan fingerprint density at radius 2 is 2.16 bits per heavy atom. The smallest absolute Gasteiger partial charge is 0.239 e. The van der Waals surface area contributed by atoms with Crippen LogP contribution in [0.5, 0.6) is 11.6 Å². The molecule has 2 aromatic rings. The molecule has 0 atom stereocenters. The van der Waals surface area contributed by atoms with Gasteiger partial charge in [0.05, 0.1) is 0 Å². The standard InChI is InChI=1S/C12H8BrClFN3O/c13-6-1-2-8(15)9(5-6)19-12-10(14)7(11(16)17)3-4-18-12/h1-5H,(H3,16,17). The van der Waals surface area contributed by atoms with Crippen molar-refractivity contribution < 1.29 is 9.13 Å². The Hall–Kier alpha value is -1.66. The second kappa shape index (κ2) is 5.54. The summed E-state index contributed by atoms with van der Waals surface area (Å²) in [5, 5.41) is 7.42. The number of benzene rings is 1. The maximum Gasteiger partial charge on any atom is 0.239 e. The van der Waals surface area contributed by atoms with Crippen LogP contribution in [0.1, 0.15) is 5.56 Å². The number of amidine groups is 1. The number of nitrogens with two attached hydrogens (primary N) is 1. The van der Waals surface area contributed by atoms with Gasteiger partial charge in [0, 0.05) is 16.2 Å². The Labute approximate surface area is 122 Å². The predicted octanol–water partition coefficient (Wildman–Crippen LogP) is 3.71. The highest BCUT2D eigenvalue weighted by atomic mass is 79.9. The lowest BCUT2D eigenvalue weighted by Crippen LogP contribution is -2.12. The molecule has 0 saturated heterocycles. The highest BCUT2D eigenvalue weighted by Crippen LogP contribution is 2.32. The third-order valence-corrected chi connectivity index (χ3v) is 3.11. The summed E-state index contributed by atoms with van der Waals surface area (Å²) in [5.41, 5.74) is 5.64. The molecule has 0 spiro atoms. The van der Waals surface area contributed by atoms with E-state index in [-0.39, 0.29) is 28.1 Å². The van der Waals surface area contributed by atoms with E-state index >= 15 is 0 Å². The van der Waals surface area contributed by atoms with Crippen LogP contribution in [0.3, 0.4) is 0 Å². The molecule has 98 valence electrons. The first-order chi connectivity index (χ1) is 8.99. The van der Waals surface area contributed by atoms with Crippen LogP contribution in [0.4, 0.5) is 4.39 Å². The second-order valence-electron chi connectivity index (χ2n) is 3.57. The maximum atomic E-state index is 13.6. The number of hydrogen-bond acceptors (Lipinski definition) is 3. The van der Waals surface area contributed by atoms with E-state index in [1.807, 2.05) is 0 Å². The summed E-state index contributed by atoms with van der Waals surface area (Å²) in [6.45, 7) is 0. The minimum absolute atomic E-state index is 0.00799. The maximum absolute atomic E-state index is 13.6. The Balaban J connectivity index is 2.41. The molecule has 0 aliphatic carbocycles. The molecule has 0 bridgehead atoms. The van der Waals surface area contributed by atoms with Gasteiger partial charge in [-0.2, -0.15) is 0 Å². The van der Waals surface area contributed by atoms with Crippen LogP contribution in [0.15, 0.2) is 34.9 Å². The number of pyridine rings is 1. The molecule has 0 saturated carbocycles. The molecule has 1 aromatic carbocycles. The molecule has 0 aliphatic rings. The molecule has 1 heterocycles. The molecule has 7 heteroatoms. The van der Waals surface area contributed by atoms with Crippen LogP contribution >= 0.6 is 27.5 Å². The van der Waals surface area contributed by atoms with E-state index in [4.69, 9.17) is 27.5 Å². The first kappa shape index (κ1) is 13.8. The van der Waals surface area contributed by atoms with Crippen molar-refractivity contribution in [3.8, 4) is 11.6 Å². The van der Waals surface area contributed by atoms with E-state index in [1.54, 1.807) is 6.07 Å². The Kier molecular flexibility index (Phi) is 4.01. The van der Waals surface area contributed by atoms with Gasteiger partial charge in [0.2, 0.25) is 5.88 Å². The summed E-state index contributed by atoms with van der Waals surface area (Å²) in [4.78, 5) is 3.90. The molecule has 3 N–H and O–H groups in total. The van der Waals surface area contributed by atoms with Gasteiger partial charge in [0.1, 0.15) is 10.9 Å². The zero-order valence-electron chi connectivity index (χ0n) is 9.45. The summed E-state index contributed by atoms with van der Waals surface area (Å²) in [7, 11) is 0. The summed E-state index contributed by atoms with van der Waals surface area (Å²) in [6, 6.07) is 5.73. The molecular weight excluding hydrogens is 337 g/mol. The third-order valence-electron chi connectivity index (χ3n) is 2.25. The normalized spacial score (nSPS) is 10.3. The van der Waals surface area contributed by atoms with Gasteiger partial charge in [-0.3, -0.25) is 5.41 Å². The number of nitrogen functional groups attached to an aromatic ring is 1. The SMILES string of the molecule is N=C(N)c1ccnc(Oc2cc(Br)ccc2F)c1Cl. The van der Waals surface area contributed by atoms with Gasteiger partial charge >= 0.3 is 0 Å². The van der Waals surface area contributed by atoms with Crippen LogP contribution < -0.4 is 10.5 Å². The van der Waals surface area contributed by atoms with Gasteiger partial charge < -0.3 is 10.5 Å². The van der Waals surface area contributed by atoms with E-state index in [0.29, 0.717) is 4.47 Å². The molecular formula is C12H8BrClFN3O. The average molecular weight is 345 g/mol. The van der Waals surface area contributed by atoms with Crippen molar-refractivity contribution in [2.45, 2.75) is 0 Å². The van der Waals surface area contributed by atoms with Crippen molar-refractivity contribution in [1.29, 1.82) is 5.41 Å². The summed E-state index contributed by atoms with van der Waals surface area (Å²) in [5.74, 6) is -0.794. The van der Waals surface area contributed by atoms with E-state index in [2.05, 4.69) is 20.9 Å². The van der Waals surface area contributed by atoms with Crippen molar-refractivity contribution >= 4 is 33.4 Å². The number of aromatic nitrogens is 1. The van der Waals surface area contributed by atoms with Crippen molar-refractivity contribution in [2.75, 3.05) is 0 Å². The summed E-state index contributed by atoms with van der Waals surface area (Å²) < 4.78 is 19.5. The molecule has 0 radical (unpaired) electrons. The van der Waals surface area contributed by atoms with E-state index in [1.165, 1.54) is 24.4 Å². The van der Waals surface area contributed by atoms with Gasteiger partial charge in [-0.05, 0) is 24.3 Å². The second-order valence-corrected chi connectivity index (χ2v) is 4.86. The Bertz CT molecular complexity index is 651. The minimum Gasteiger partial charge on any atom is -0.434 e. The Morgan fingerprint density at radius 1 is 1.42 bits per heavy atom. The highest BCUT2D eigenvalue weighted by molar-refractivity contribution is 9.10. The molecule has 1 aromatic heterocycles. The molecule has 0 unspecified atom stereocenters. The van der Waals surface area contributed by atoms with Gasteiger partial charge in [-0.15, -0.1) is 0 Å². The van der Waals surface area contributed by atoms with Crippen LogP contribution in [0.25, 0.3) is 0 Å². The highest BCUT2D eigenvalue weighted by Gasteiger charge is 2.13. The van der Waals surface area contributed by atoms with Crippen LogP contribution in [0, 0.1) is 11.2 Å². The fourth-order valence-electron chi connectivity index (χ4n) is 1.36. The van der Waals surface area contributed by atoms with Crippen molar-refractivity contribution in [3.63, 3.8) is 0 Å². The number of halogens is 3. The van der Waals surface area contributed by atoms with Gasteiger partial charge in [0.15, 0.2) is 11.6 Å². The number of rotatable bonds is 3. The van der Waals surface area contributed by atoms with Gasteiger partial charge in [-0.1, -0.05) is 27.5 Å². The Morgan fingerprint density at radius 3 is 2.84 bits per heavy atom. The first-order valence-corrected chi connectivity index (χ1v) is 6.28. The fraction of sp³-hybridized carbons (Fsp3) is 0. The lowest BCUT2D eigenvalue weighted by Gasteiger charge is -2.09. The number of ether oxygens (including phenoxy) is 1. The van der Waals surface area contributed by atoms with E-state index < -0.39 is 5.82 Å². The van der Waals surface area contributed by atoms with Crippen LogP contribution in [-0.2, 0) is 0 Å². The van der Waals surface area contributed by atoms with Gasteiger partial charge in [0.25, 0.3) is 0 Å². The van der Waals surface area contributed by atoms with E-state index in [0.717, 1.165) is 0 Å². The number of nitrogens with zero attached hydrogens (tertiary/aromatic N) is 1. The monoisotopic (exact) mass is 343 g/mol. The number of nitrogens with one attached hydrogen (secondary N) is 1.